The zero-order chi connectivity index (χ0) is 12.4. The Bertz CT molecular complexity index is 436. The van der Waals surface area contributed by atoms with Gasteiger partial charge in [-0.3, -0.25) is 10.1 Å². The van der Waals surface area contributed by atoms with Crippen LogP contribution in [-0.4, -0.2) is 28.5 Å². The number of nitro groups is 1. The molecule has 1 aliphatic carbocycles. The van der Waals surface area contributed by atoms with Crippen LogP contribution in [0.3, 0.4) is 0 Å². The summed E-state index contributed by atoms with van der Waals surface area (Å²) in [5.41, 5.74) is -0.212. The molecule has 6 nitrogen and oxygen atoms in total. The molecule has 1 saturated carbocycles. The number of nitrogens with zero attached hydrogens (tertiary/aromatic N) is 4. The molecular weight excluding hydrogens is 244 g/mol. The Balaban J connectivity index is 2.23. The number of anilines is 1. The molecule has 1 heterocycles. The van der Waals surface area contributed by atoms with E-state index < -0.39 is 4.92 Å². The minimum absolute atomic E-state index is 0.111. The largest absolute Gasteiger partial charge is 0.354 e. The van der Waals surface area contributed by atoms with Crippen LogP contribution in [0.5, 0.6) is 0 Å². The fraction of sp³-hybridized carbons (Fsp3) is 0.600. The monoisotopic (exact) mass is 256 g/mol. The third-order valence-corrected chi connectivity index (χ3v) is 3.34. The maximum Gasteiger partial charge on any atom is 0.348 e. The van der Waals surface area contributed by atoms with Gasteiger partial charge in [-0.05, 0) is 18.8 Å². The van der Waals surface area contributed by atoms with Gasteiger partial charge in [-0.2, -0.15) is 0 Å². The fourth-order valence-electron chi connectivity index (χ4n) is 1.93. The van der Waals surface area contributed by atoms with Crippen molar-refractivity contribution in [2.75, 3.05) is 18.5 Å². The van der Waals surface area contributed by atoms with Crippen LogP contribution in [0.2, 0.25) is 5.15 Å². The Labute approximate surface area is 104 Å². The van der Waals surface area contributed by atoms with E-state index >= 15 is 0 Å². The van der Waals surface area contributed by atoms with E-state index in [1.165, 1.54) is 25.6 Å². The lowest BCUT2D eigenvalue weighted by Gasteiger charge is -2.30. The molecule has 0 radical (unpaired) electrons. The SMILES string of the molecule is CN(CC1CCC1)c1ncnc(Cl)c1[N+](=O)[O-]. The molecule has 0 spiro atoms. The van der Waals surface area contributed by atoms with E-state index in [4.69, 9.17) is 11.6 Å². The van der Waals surface area contributed by atoms with Crippen molar-refractivity contribution in [1.82, 2.24) is 9.97 Å². The van der Waals surface area contributed by atoms with Crippen LogP contribution in [0.25, 0.3) is 0 Å². The van der Waals surface area contributed by atoms with Gasteiger partial charge in [0.25, 0.3) is 0 Å². The number of hydrogen-bond donors (Lipinski definition) is 0. The highest BCUT2D eigenvalue weighted by molar-refractivity contribution is 6.31. The standard InChI is InChI=1S/C10H13ClN4O2/c1-14(5-7-3-2-4-7)10-8(15(16)17)9(11)12-6-13-10/h6-7H,2-5H2,1H3. The third kappa shape index (κ3) is 2.46. The predicted octanol–water partition coefficient (Wildman–Crippen LogP) is 2.27. The normalized spacial score (nSPS) is 15.4. The molecule has 92 valence electrons. The topological polar surface area (TPSA) is 72.2 Å². The molecule has 0 saturated heterocycles. The molecule has 0 amide bonds. The van der Waals surface area contributed by atoms with Crippen LogP contribution in [-0.2, 0) is 0 Å². The molecule has 0 unspecified atom stereocenters. The predicted molar refractivity (Wildman–Crippen MR) is 64.3 cm³/mol. The van der Waals surface area contributed by atoms with Gasteiger partial charge in [-0.1, -0.05) is 18.0 Å². The first-order valence-electron chi connectivity index (χ1n) is 5.45. The van der Waals surface area contributed by atoms with Gasteiger partial charge in [0.05, 0.1) is 4.92 Å². The van der Waals surface area contributed by atoms with Crippen molar-refractivity contribution in [3.63, 3.8) is 0 Å². The van der Waals surface area contributed by atoms with E-state index in [0.717, 1.165) is 6.54 Å². The van der Waals surface area contributed by atoms with Gasteiger partial charge in [-0.15, -0.1) is 0 Å². The minimum atomic E-state index is -0.533. The van der Waals surface area contributed by atoms with Crippen LogP contribution in [0, 0.1) is 16.0 Å². The van der Waals surface area contributed by atoms with Gasteiger partial charge in [0, 0.05) is 13.6 Å². The molecular formula is C10H13ClN4O2. The average molecular weight is 257 g/mol. The van der Waals surface area contributed by atoms with Crippen molar-refractivity contribution < 1.29 is 4.92 Å². The molecule has 0 atom stereocenters. The maximum absolute atomic E-state index is 10.9. The molecule has 1 fully saturated rings. The summed E-state index contributed by atoms with van der Waals surface area (Å²) in [7, 11) is 1.80. The molecule has 1 aliphatic rings. The maximum atomic E-state index is 10.9. The first-order chi connectivity index (χ1) is 8.09. The van der Waals surface area contributed by atoms with Gasteiger partial charge < -0.3 is 4.90 Å². The molecule has 1 aromatic heterocycles. The number of halogens is 1. The van der Waals surface area contributed by atoms with Crippen molar-refractivity contribution in [1.29, 1.82) is 0 Å². The van der Waals surface area contributed by atoms with Crippen molar-refractivity contribution in [3.8, 4) is 0 Å². The van der Waals surface area contributed by atoms with Gasteiger partial charge in [0.1, 0.15) is 6.33 Å². The van der Waals surface area contributed by atoms with E-state index in [-0.39, 0.29) is 10.8 Å². The Morgan fingerprint density at radius 2 is 2.29 bits per heavy atom. The van der Waals surface area contributed by atoms with Gasteiger partial charge in [-0.25, -0.2) is 9.97 Å². The zero-order valence-electron chi connectivity index (χ0n) is 9.47. The molecule has 0 N–H and O–H groups in total. The van der Waals surface area contributed by atoms with Crippen LogP contribution in [0.4, 0.5) is 11.5 Å². The summed E-state index contributed by atoms with van der Waals surface area (Å²) in [6.07, 6.45) is 4.85. The van der Waals surface area contributed by atoms with Crippen molar-refractivity contribution in [3.05, 3.63) is 21.6 Å². The lowest BCUT2D eigenvalue weighted by Crippen LogP contribution is -2.30. The smallest absolute Gasteiger partial charge is 0.348 e. The second-order valence-electron chi connectivity index (χ2n) is 4.27. The van der Waals surface area contributed by atoms with Crippen molar-refractivity contribution in [2.24, 2.45) is 5.92 Å². The summed E-state index contributed by atoms with van der Waals surface area (Å²) in [6, 6.07) is 0. The highest BCUT2D eigenvalue weighted by atomic mass is 35.5. The zero-order valence-corrected chi connectivity index (χ0v) is 10.2. The summed E-state index contributed by atoms with van der Waals surface area (Å²) < 4.78 is 0. The molecule has 7 heteroatoms. The molecule has 0 aliphatic heterocycles. The fourth-order valence-corrected chi connectivity index (χ4v) is 2.13. The lowest BCUT2D eigenvalue weighted by molar-refractivity contribution is -0.384. The van der Waals surface area contributed by atoms with Gasteiger partial charge in [0.15, 0.2) is 0 Å². The Hall–Kier alpha value is -1.43. The average Bonchev–Trinajstić information content (AvgIpc) is 2.22. The first kappa shape index (κ1) is 12.0. The second kappa shape index (κ2) is 4.83. The first-order valence-corrected chi connectivity index (χ1v) is 5.83. The van der Waals surface area contributed by atoms with E-state index in [2.05, 4.69) is 9.97 Å². The second-order valence-corrected chi connectivity index (χ2v) is 4.63. The highest BCUT2D eigenvalue weighted by Gasteiger charge is 2.27. The minimum Gasteiger partial charge on any atom is -0.354 e. The Kier molecular flexibility index (Phi) is 3.42. The van der Waals surface area contributed by atoms with Crippen LogP contribution >= 0.6 is 11.6 Å². The van der Waals surface area contributed by atoms with E-state index in [9.17, 15) is 10.1 Å². The van der Waals surface area contributed by atoms with Gasteiger partial charge >= 0.3 is 5.69 Å². The summed E-state index contributed by atoms with van der Waals surface area (Å²) in [5, 5.41) is 10.8. The van der Waals surface area contributed by atoms with E-state index in [1.54, 1.807) is 11.9 Å². The molecule has 17 heavy (non-hydrogen) atoms. The quantitative estimate of drug-likeness (QED) is 0.469. The Morgan fingerprint density at radius 3 is 2.82 bits per heavy atom. The number of aromatic nitrogens is 2. The number of hydrogen-bond acceptors (Lipinski definition) is 5. The van der Waals surface area contributed by atoms with Gasteiger partial charge in [0.2, 0.25) is 11.0 Å². The van der Waals surface area contributed by atoms with Crippen molar-refractivity contribution in [2.45, 2.75) is 19.3 Å². The lowest BCUT2D eigenvalue weighted by atomic mass is 9.85. The molecule has 1 aromatic rings. The summed E-state index contributed by atoms with van der Waals surface area (Å²) in [6.45, 7) is 0.772. The highest BCUT2D eigenvalue weighted by Crippen LogP contribution is 2.33. The molecule has 2 rings (SSSR count). The van der Waals surface area contributed by atoms with Crippen LogP contribution in [0.15, 0.2) is 6.33 Å². The molecule has 0 bridgehead atoms. The van der Waals surface area contributed by atoms with E-state index in [1.807, 2.05) is 0 Å². The Morgan fingerprint density at radius 1 is 1.59 bits per heavy atom. The number of rotatable bonds is 4. The summed E-state index contributed by atoms with van der Waals surface area (Å²) >= 11 is 5.73. The third-order valence-electron chi connectivity index (χ3n) is 3.06. The molecule has 0 aromatic carbocycles. The van der Waals surface area contributed by atoms with Crippen LogP contribution < -0.4 is 4.90 Å². The summed E-state index contributed by atoms with van der Waals surface area (Å²) in [4.78, 5) is 19.8. The van der Waals surface area contributed by atoms with Crippen molar-refractivity contribution >= 4 is 23.1 Å². The summed E-state index contributed by atoms with van der Waals surface area (Å²) in [5.74, 6) is 0.898. The van der Waals surface area contributed by atoms with Crippen LogP contribution in [0.1, 0.15) is 19.3 Å². The van der Waals surface area contributed by atoms with E-state index in [0.29, 0.717) is 11.7 Å².